The Balaban J connectivity index is 1.38. The maximum absolute atomic E-state index is 12.9. The highest BCUT2D eigenvalue weighted by molar-refractivity contribution is 7.17. The van der Waals surface area contributed by atoms with E-state index >= 15 is 0 Å². The van der Waals surface area contributed by atoms with Gasteiger partial charge in [0, 0.05) is 35.0 Å². The van der Waals surface area contributed by atoms with E-state index in [4.69, 9.17) is 18.9 Å². The summed E-state index contributed by atoms with van der Waals surface area (Å²) >= 11 is 1.44. The quantitative estimate of drug-likeness (QED) is 0.419. The van der Waals surface area contributed by atoms with Gasteiger partial charge in [-0.25, -0.2) is 4.98 Å². The number of benzene rings is 1. The summed E-state index contributed by atoms with van der Waals surface area (Å²) in [6.45, 7) is 7.19. The lowest BCUT2D eigenvalue weighted by Crippen LogP contribution is -2.23. The first-order valence-electron chi connectivity index (χ1n) is 10.8. The highest BCUT2D eigenvalue weighted by Crippen LogP contribution is 2.35. The number of hydrogen-bond acceptors (Lipinski definition) is 7. The Morgan fingerprint density at radius 1 is 1.41 bits per heavy atom. The van der Waals surface area contributed by atoms with Crippen molar-refractivity contribution in [3.05, 3.63) is 63.2 Å². The van der Waals surface area contributed by atoms with Crippen LogP contribution in [0.4, 0.5) is 0 Å². The van der Waals surface area contributed by atoms with Gasteiger partial charge in [-0.2, -0.15) is 0 Å². The molecule has 4 aromatic rings. The van der Waals surface area contributed by atoms with Crippen LogP contribution in [0.3, 0.4) is 0 Å². The van der Waals surface area contributed by atoms with Crippen molar-refractivity contribution < 1.29 is 13.9 Å². The molecule has 8 heteroatoms. The van der Waals surface area contributed by atoms with Crippen LogP contribution in [0.1, 0.15) is 43.8 Å². The van der Waals surface area contributed by atoms with Gasteiger partial charge >= 0.3 is 0 Å². The summed E-state index contributed by atoms with van der Waals surface area (Å²) < 4.78 is 17.3. The number of ether oxygens (including phenoxy) is 2. The maximum atomic E-state index is 12.9. The SMILES string of the molecule is CCOc1cc2c(cc1CN[C@H](C)c1nc3scc(-c4ccco4)c3c(=O)[nH]1)O[C@@H](C)C2. The molecule has 2 N–H and O–H groups in total. The molecule has 0 saturated heterocycles. The van der Waals surface area contributed by atoms with Gasteiger partial charge in [-0.05, 0) is 45.0 Å². The Hall–Kier alpha value is -3.10. The zero-order valence-electron chi connectivity index (χ0n) is 18.2. The average molecular weight is 452 g/mol. The van der Waals surface area contributed by atoms with E-state index in [1.807, 2.05) is 31.4 Å². The molecular formula is C24H25N3O4S. The Morgan fingerprint density at radius 3 is 3.06 bits per heavy atom. The van der Waals surface area contributed by atoms with E-state index in [0.717, 1.165) is 29.0 Å². The number of hydrogen-bond donors (Lipinski definition) is 2. The van der Waals surface area contributed by atoms with E-state index < -0.39 is 0 Å². The molecule has 0 unspecified atom stereocenters. The van der Waals surface area contributed by atoms with E-state index in [0.29, 0.717) is 35.0 Å². The number of nitrogens with one attached hydrogen (secondary N) is 2. The van der Waals surface area contributed by atoms with Crippen molar-refractivity contribution in [3.63, 3.8) is 0 Å². The summed E-state index contributed by atoms with van der Waals surface area (Å²) in [6, 6.07) is 7.62. The lowest BCUT2D eigenvalue weighted by atomic mass is 10.1. The molecule has 0 radical (unpaired) electrons. The number of aromatic amines is 1. The van der Waals surface area contributed by atoms with Crippen molar-refractivity contribution in [2.75, 3.05) is 6.61 Å². The number of furan rings is 1. The fourth-order valence-corrected chi connectivity index (χ4v) is 4.99. The van der Waals surface area contributed by atoms with Crippen LogP contribution in [0, 0.1) is 0 Å². The van der Waals surface area contributed by atoms with E-state index in [1.165, 1.54) is 16.9 Å². The topological polar surface area (TPSA) is 89.4 Å². The minimum Gasteiger partial charge on any atom is -0.494 e. The molecule has 0 amide bonds. The fourth-order valence-electron chi connectivity index (χ4n) is 4.05. The van der Waals surface area contributed by atoms with Crippen molar-refractivity contribution in [3.8, 4) is 22.8 Å². The zero-order chi connectivity index (χ0) is 22.2. The van der Waals surface area contributed by atoms with Crippen molar-refractivity contribution in [1.82, 2.24) is 15.3 Å². The van der Waals surface area contributed by atoms with Gasteiger partial charge in [0.25, 0.3) is 5.56 Å². The summed E-state index contributed by atoms with van der Waals surface area (Å²) in [5, 5.41) is 5.93. The molecule has 0 bridgehead atoms. The molecule has 166 valence electrons. The molecule has 5 rings (SSSR count). The van der Waals surface area contributed by atoms with Crippen molar-refractivity contribution in [2.45, 2.75) is 45.9 Å². The third-order valence-electron chi connectivity index (χ3n) is 5.64. The number of rotatable bonds is 7. The van der Waals surface area contributed by atoms with E-state index in [9.17, 15) is 4.79 Å². The lowest BCUT2D eigenvalue weighted by molar-refractivity contribution is 0.254. The summed E-state index contributed by atoms with van der Waals surface area (Å²) in [6.07, 6.45) is 2.67. The van der Waals surface area contributed by atoms with Gasteiger partial charge in [0.2, 0.25) is 0 Å². The molecule has 1 aromatic carbocycles. The van der Waals surface area contributed by atoms with E-state index in [-0.39, 0.29) is 17.7 Å². The summed E-state index contributed by atoms with van der Waals surface area (Å²) in [4.78, 5) is 21.2. The predicted octanol–water partition coefficient (Wildman–Crippen LogP) is 4.82. The predicted molar refractivity (Wildman–Crippen MR) is 125 cm³/mol. The summed E-state index contributed by atoms with van der Waals surface area (Å²) in [5.74, 6) is 3.04. The first-order chi connectivity index (χ1) is 15.5. The zero-order valence-corrected chi connectivity index (χ0v) is 19.0. The van der Waals surface area contributed by atoms with E-state index in [2.05, 4.69) is 29.4 Å². The Bertz CT molecular complexity index is 1310. The van der Waals surface area contributed by atoms with Crippen LogP contribution >= 0.6 is 11.3 Å². The first-order valence-corrected chi connectivity index (χ1v) is 11.7. The minimum absolute atomic E-state index is 0.163. The third-order valence-corrected chi connectivity index (χ3v) is 6.51. The average Bonchev–Trinajstić information content (AvgIpc) is 3.50. The third kappa shape index (κ3) is 3.80. The van der Waals surface area contributed by atoms with Gasteiger partial charge in [0.1, 0.15) is 34.0 Å². The van der Waals surface area contributed by atoms with Gasteiger partial charge in [0.15, 0.2) is 0 Å². The fraction of sp³-hybridized carbons (Fsp3) is 0.333. The molecule has 4 heterocycles. The molecular weight excluding hydrogens is 426 g/mol. The number of H-pyrrole nitrogens is 1. The van der Waals surface area contributed by atoms with Crippen LogP contribution in [0.15, 0.2) is 45.1 Å². The summed E-state index contributed by atoms with van der Waals surface area (Å²) in [7, 11) is 0. The van der Waals surface area contributed by atoms with Crippen LogP contribution in [0.25, 0.3) is 21.5 Å². The van der Waals surface area contributed by atoms with Gasteiger partial charge in [-0.1, -0.05) is 0 Å². The molecule has 0 fully saturated rings. The van der Waals surface area contributed by atoms with Crippen LogP contribution < -0.4 is 20.3 Å². The molecule has 2 atom stereocenters. The second-order valence-electron chi connectivity index (χ2n) is 7.99. The number of nitrogens with zero attached hydrogens (tertiary/aromatic N) is 1. The molecule has 0 aliphatic carbocycles. The van der Waals surface area contributed by atoms with Crippen molar-refractivity contribution in [1.29, 1.82) is 0 Å². The molecule has 0 saturated carbocycles. The summed E-state index contributed by atoms with van der Waals surface area (Å²) in [5.41, 5.74) is 2.80. The number of aromatic nitrogens is 2. The molecule has 1 aliphatic heterocycles. The van der Waals surface area contributed by atoms with Gasteiger partial charge in [-0.3, -0.25) is 4.79 Å². The smallest absolute Gasteiger partial charge is 0.260 e. The van der Waals surface area contributed by atoms with Crippen molar-refractivity contribution >= 4 is 21.6 Å². The lowest BCUT2D eigenvalue weighted by Gasteiger charge is -2.16. The number of thiophene rings is 1. The molecule has 0 spiro atoms. The molecule has 7 nitrogen and oxygen atoms in total. The largest absolute Gasteiger partial charge is 0.494 e. The Labute approximate surface area is 189 Å². The minimum atomic E-state index is -0.166. The molecule has 32 heavy (non-hydrogen) atoms. The van der Waals surface area contributed by atoms with Crippen molar-refractivity contribution in [2.24, 2.45) is 0 Å². The van der Waals surface area contributed by atoms with Crippen LogP contribution in [0.2, 0.25) is 0 Å². The monoisotopic (exact) mass is 451 g/mol. The van der Waals surface area contributed by atoms with Crippen LogP contribution in [-0.4, -0.2) is 22.7 Å². The second-order valence-corrected chi connectivity index (χ2v) is 8.85. The molecule has 1 aliphatic rings. The van der Waals surface area contributed by atoms with Gasteiger partial charge < -0.3 is 24.2 Å². The Kier molecular flexibility index (Phi) is 5.48. The molecule has 3 aromatic heterocycles. The van der Waals surface area contributed by atoms with E-state index in [1.54, 1.807) is 6.26 Å². The normalized spacial score (nSPS) is 16.2. The highest BCUT2D eigenvalue weighted by atomic mass is 32.1. The van der Waals surface area contributed by atoms with Crippen LogP contribution in [-0.2, 0) is 13.0 Å². The Morgan fingerprint density at radius 2 is 2.28 bits per heavy atom. The second kappa shape index (κ2) is 8.44. The highest BCUT2D eigenvalue weighted by Gasteiger charge is 2.22. The maximum Gasteiger partial charge on any atom is 0.260 e. The number of fused-ring (bicyclic) bond motifs is 2. The van der Waals surface area contributed by atoms with Crippen LogP contribution in [0.5, 0.6) is 11.5 Å². The van der Waals surface area contributed by atoms with Gasteiger partial charge in [0.05, 0.1) is 24.3 Å². The first kappa shape index (κ1) is 20.8. The standard InChI is InChI=1S/C24H25N3O4S/c1-4-29-19-9-15-8-13(2)31-20(15)10-16(19)11-25-14(3)22-26-23(28)21-17(12-32-24(21)27-22)18-6-5-7-30-18/h5-7,9-10,12-14,25H,4,8,11H2,1-3H3,(H,26,27,28)/t13-,14+/m0/s1. The van der Waals surface area contributed by atoms with Gasteiger partial charge in [-0.15, -0.1) is 11.3 Å².